The molecule has 5 heteroatoms. The molecule has 5 nitrogen and oxygen atoms in total. The lowest BCUT2D eigenvalue weighted by Crippen LogP contribution is -2.25. The number of rotatable bonds is 2. The monoisotopic (exact) mass is 331 g/mol. The topological polar surface area (TPSA) is 66.9 Å². The number of carbonyl (C=O) groups is 1. The van der Waals surface area contributed by atoms with E-state index >= 15 is 0 Å². The van der Waals surface area contributed by atoms with Gasteiger partial charge in [0.2, 0.25) is 5.56 Å². The van der Waals surface area contributed by atoms with Gasteiger partial charge in [-0.05, 0) is 43.2 Å². The number of pyridine rings is 1. The molecule has 124 valence electrons. The van der Waals surface area contributed by atoms with Crippen molar-refractivity contribution in [2.24, 2.45) is 0 Å². The minimum absolute atomic E-state index is 0.225. The fraction of sp³-hybridized carbons (Fsp3) is 0.100. The minimum Gasteiger partial charge on any atom is -0.318 e. The van der Waals surface area contributed by atoms with Crippen LogP contribution in [0.1, 0.15) is 21.6 Å². The van der Waals surface area contributed by atoms with E-state index in [-0.39, 0.29) is 17.2 Å². The van der Waals surface area contributed by atoms with E-state index in [4.69, 9.17) is 0 Å². The van der Waals surface area contributed by atoms with Gasteiger partial charge >= 0.3 is 0 Å². The Morgan fingerprint density at radius 3 is 2.08 bits per heavy atom. The van der Waals surface area contributed by atoms with Crippen molar-refractivity contribution in [1.82, 2.24) is 9.66 Å². The van der Waals surface area contributed by atoms with Crippen LogP contribution in [0.5, 0.6) is 0 Å². The number of H-pyrrole nitrogens is 1. The van der Waals surface area contributed by atoms with Gasteiger partial charge in [-0.25, -0.2) is 0 Å². The Morgan fingerprint density at radius 2 is 1.52 bits per heavy atom. The smallest absolute Gasteiger partial charge is 0.286 e. The first-order valence-corrected chi connectivity index (χ1v) is 8.05. The van der Waals surface area contributed by atoms with Crippen molar-refractivity contribution in [3.8, 4) is 0 Å². The second-order valence-electron chi connectivity index (χ2n) is 6.25. The van der Waals surface area contributed by atoms with Gasteiger partial charge in [-0.2, -0.15) is 0 Å². The Balaban J connectivity index is 1.92. The number of amides is 1. The van der Waals surface area contributed by atoms with Crippen LogP contribution in [-0.4, -0.2) is 15.6 Å². The molecule has 0 spiro atoms. The van der Waals surface area contributed by atoms with Crippen LogP contribution in [0.15, 0.2) is 59.4 Å². The van der Waals surface area contributed by atoms with Crippen molar-refractivity contribution in [2.45, 2.75) is 13.8 Å². The summed E-state index contributed by atoms with van der Waals surface area (Å²) in [4.78, 5) is 26.6. The Morgan fingerprint density at radius 1 is 0.920 bits per heavy atom. The summed E-state index contributed by atoms with van der Waals surface area (Å²) >= 11 is 0. The molecule has 0 fully saturated rings. The average Bonchev–Trinajstić information content (AvgIpc) is 2.87. The van der Waals surface area contributed by atoms with Crippen LogP contribution in [0.4, 0.5) is 0 Å². The number of benzene rings is 2. The molecular formula is C20H17N3O2. The van der Waals surface area contributed by atoms with Gasteiger partial charge in [0.05, 0.1) is 11.0 Å². The maximum atomic E-state index is 12.6. The van der Waals surface area contributed by atoms with Crippen molar-refractivity contribution in [3.63, 3.8) is 0 Å². The summed E-state index contributed by atoms with van der Waals surface area (Å²) in [5.41, 5.74) is 6.90. The van der Waals surface area contributed by atoms with E-state index in [1.165, 1.54) is 6.07 Å². The number of nitrogens with one attached hydrogen (secondary N) is 2. The first-order valence-electron chi connectivity index (χ1n) is 8.05. The quantitative estimate of drug-likeness (QED) is 0.590. The average molecular weight is 331 g/mol. The summed E-state index contributed by atoms with van der Waals surface area (Å²) in [6, 6.07) is 16.9. The summed E-state index contributed by atoms with van der Waals surface area (Å²) in [5, 5.41) is 2.14. The van der Waals surface area contributed by atoms with Crippen LogP contribution in [0, 0.1) is 13.8 Å². The van der Waals surface area contributed by atoms with Gasteiger partial charge in [0.1, 0.15) is 5.69 Å². The molecule has 2 aromatic carbocycles. The Kier molecular flexibility index (Phi) is 3.42. The molecule has 0 bridgehead atoms. The second kappa shape index (κ2) is 5.63. The lowest BCUT2D eigenvalue weighted by Gasteiger charge is -2.10. The van der Waals surface area contributed by atoms with Crippen LogP contribution in [-0.2, 0) is 0 Å². The Labute approximate surface area is 143 Å². The maximum Gasteiger partial charge on any atom is 0.286 e. The molecule has 25 heavy (non-hydrogen) atoms. The molecule has 4 rings (SSSR count). The van der Waals surface area contributed by atoms with Crippen molar-refractivity contribution < 1.29 is 4.79 Å². The molecule has 0 aliphatic carbocycles. The number of carbonyl (C=O) groups excluding carboxylic acids is 1. The molecule has 2 heterocycles. The molecule has 0 atom stereocenters. The molecule has 0 aliphatic heterocycles. The fourth-order valence-corrected chi connectivity index (χ4v) is 3.10. The Bertz CT molecular complexity index is 1130. The number of hydrogen-bond acceptors (Lipinski definition) is 2. The summed E-state index contributed by atoms with van der Waals surface area (Å²) in [6.07, 6.45) is 0. The van der Waals surface area contributed by atoms with E-state index in [1.807, 2.05) is 26.0 Å². The summed E-state index contributed by atoms with van der Waals surface area (Å²) in [7, 11) is 0. The number of aromatic amines is 1. The zero-order chi connectivity index (χ0) is 17.6. The zero-order valence-electron chi connectivity index (χ0n) is 14.0. The molecule has 4 aromatic rings. The summed E-state index contributed by atoms with van der Waals surface area (Å²) in [6.45, 7) is 4.03. The predicted octanol–water partition coefficient (Wildman–Crippen LogP) is 3.48. The molecule has 1 amide bonds. The molecular weight excluding hydrogens is 314 g/mol. The summed E-state index contributed by atoms with van der Waals surface area (Å²) < 4.78 is 1.79. The fourth-order valence-electron chi connectivity index (χ4n) is 3.10. The number of aryl methyl sites for hydroxylation is 2. The molecule has 0 radical (unpaired) electrons. The maximum absolute atomic E-state index is 12.6. The highest BCUT2D eigenvalue weighted by Gasteiger charge is 2.14. The third kappa shape index (κ3) is 2.59. The SMILES string of the molecule is Cc1ccc2c3ccc(C)cc3n(NC(=O)c3cccc(=O)[nH]3)c2c1. The van der Waals surface area contributed by atoms with Crippen LogP contribution < -0.4 is 11.0 Å². The van der Waals surface area contributed by atoms with Crippen LogP contribution in [0.25, 0.3) is 21.8 Å². The van der Waals surface area contributed by atoms with Gasteiger partial charge < -0.3 is 4.98 Å². The van der Waals surface area contributed by atoms with Gasteiger partial charge in [0, 0.05) is 16.8 Å². The third-order valence-corrected chi connectivity index (χ3v) is 4.30. The van der Waals surface area contributed by atoms with E-state index in [9.17, 15) is 9.59 Å². The minimum atomic E-state index is -0.362. The lowest BCUT2D eigenvalue weighted by atomic mass is 10.1. The normalized spacial score (nSPS) is 11.1. The first-order chi connectivity index (χ1) is 12.0. The molecule has 0 unspecified atom stereocenters. The largest absolute Gasteiger partial charge is 0.318 e. The third-order valence-electron chi connectivity index (χ3n) is 4.30. The molecule has 0 saturated carbocycles. The highest BCUT2D eigenvalue weighted by molar-refractivity contribution is 6.10. The van der Waals surface area contributed by atoms with Gasteiger partial charge in [-0.15, -0.1) is 0 Å². The molecule has 2 aromatic heterocycles. The number of hydrogen-bond donors (Lipinski definition) is 2. The van der Waals surface area contributed by atoms with Crippen molar-refractivity contribution >= 4 is 27.7 Å². The number of nitrogens with zero attached hydrogens (tertiary/aromatic N) is 1. The van der Waals surface area contributed by atoms with E-state index in [2.05, 4.69) is 34.7 Å². The van der Waals surface area contributed by atoms with E-state index in [0.29, 0.717) is 0 Å². The standard InChI is InChI=1S/C20H17N3O2/c1-12-6-8-14-15-9-7-13(2)11-18(15)23(17(14)10-12)22-20(25)16-4-3-5-19(24)21-16/h3-11H,1-2H3,(H,21,24)(H,22,25). The van der Waals surface area contributed by atoms with Gasteiger partial charge in [-0.1, -0.05) is 30.3 Å². The van der Waals surface area contributed by atoms with Gasteiger partial charge in [-0.3, -0.25) is 19.7 Å². The van der Waals surface area contributed by atoms with Crippen molar-refractivity contribution in [1.29, 1.82) is 0 Å². The predicted molar refractivity (Wildman–Crippen MR) is 99.7 cm³/mol. The highest BCUT2D eigenvalue weighted by atomic mass is 16.2. The molecule has 0 aliphatic rings. The second-order valence-corrected chi connectivity index (χ2v) is 6.25. The summed E-state index contributed by atoms with van der Waals surface area (Å²) in [5.74, 6) is -0.362. The Hall–Kier alpha value is -3.34. The van der Waals surface area contributed by atoms with E-state index in [1.54, 1.807) is 16.8 Å². The van der Waals surface area contributed by atoms with Crippen LogP contribution >= 0.6 is 0 Å². The number of aromatic nitrogens is 2. The lowest BCUT2D eigenvalue weighted by molar-refractivity contribution is 0.100. The van der Waals surface area contributed by atoms with Gasteiger partial charge in [0.25, 0.3) is 5.91 Å². The zero-order valence-corrected chi connectivity index (χ0v) is 14.0. The van der Waals surface area contributed by atoms with Crippen LogP contribution in [0.3, 0.4) is 0 Å². The van der Waals surface area contributed by atoms with Gasteiger partial charge in [0.15, 0.2) is 0 Å². The van der Waals surface area contributed by atoms with E-state index < -0.39 is 0 Å². The van der Waals surface area contributed by atoms with E-state index in [0.717, 1.165) is 32.9 Å². The van der Waals surface area contributed by atoms with Crippen molar-refractivity contribution in [2.75, 3.05) is 5.43 Å². The molecule has 0 saturated heterocycles. The highest BCUT2D eigenvalue weighted by Crippen LogP contribution is 2.29. The molecule has 2 N–H and O–H groups in total. The van der Waals surface area contributed by atoms with Crippen LogP contribution in [0.2, 0.25) is 0 Å². The van der Waals surface area contributed by atoms with Crippen molar-refractivity contribution in [3.05, 3.63) is 81.8 Å². The first kappa shape index (κ1) is 15.2. The number of fused-ring (bicyclic) bond motifs is 3.